The Morgan fingerprint density at radius 2 is 2.00 bits per heavy atom. The normalized spacial score (nSPS) is 10.6. The molecular formula is C10H5ClF4O. The van der Waals surface area contributed by atoms with Gasteiger partial charge in [-0.15, -0.1) is 24.8 Å². The molecule has 0 aliphatic rings. The second kappa shape index (κ2) is 5.08. The van der Waals surface area contributed by atoms with Crippen LogP contribution in [0.4, 0.5) is 17.6 Å². The quantitative estimate of drug-likeness (QED) is 0.423. The van der Waals surface area contributed by atoms with Crippen molar-refractivity contribution in [1.29, 1.82) is 0 Å². The molecule has 0 fully saturated rings. The van der Waals surface area contributed by atoms with E-state index >= 15 is 0 Å². The zero-order valence-corrected chi connectivity index (χ0v) is 8.49. The molecule has 0 aliphatic carbocycles. The van der Waals surface area contributed by atoms with Gasteiger partial charge in [0.2, 0.25) is 0 Å². The molecule has 0 saturated heterocycles. The van der Waals surface area contributed by atoms with E-state index in [0.29, 0.717) is 0 Å². The lowest BCUT2D eigenvalue weighted by Crippen LogP contribution is -2.17. The van der Waals surface area contributed by atoms with E-state index in [1.54, 1.807) is 0 Å². The second-order valence-electron chi connectivity index (χ2n) is 2.63. The molecule has 0 aromatic heterocycles. The highest BCUT2D eigenvalue weighted by Crippen LogP contribution is 2.25. The van der Waals surface area contributed by atoms with Gasteiger partial charge in [0, 0.05) is 5.56 Å². The minimum atomic E-state index is -4.91. The maximum atomic E-state index is 13.1. The van der Waals surface area contributed by atoms with E-state index in [1.165, 1.54) is 6.07 Å². The van der Waals surface area contributed by atoms with Crippen molar-refractivity contribution in [1.82, 2.24) is 0 Å². The van der Waals surface area contributed by atoms with Crippen LogP contribution in [-0.2, 0) is 0 Å². The molecule has 1 nitrogen and oxygen atoms in total. The average Bonchev–Trinajstić information content (AvgIpc) is 2.17. The lowest BCUT2D eigenvalue weighted by molar-refractivity contribution is -0.275. The number of ether oxygens (including phenoxy) is 1. The molecule has 0 radical (unpaired) electrons. The van der Waals surface area contributed by atoms with Crippen LogP contribution in [0.25, 0.3) is 0 Å². The number of hydrogen-bond acceptors (Lipinski definition) is 1. The van der Waals surface area contributed by atoms with Crippen LogP contribution < -0.4 is 4.74 Å². The van der Waals surface area contributed by atoms with Crippen LogP contribution in [0.15, 0.2) is 18.2 Å². The minimum absolute atomic E-state index is 0.0580. The Morgan fingerprint density at radius 3 is 2.50 bits per heavy atom. The van der Waals surface area contributed by atoms with E-state index in [-0.39, 0.29) is 11.4 Å². The van der Waals surface area contributed by atoms with Crippen LogP contribution in [0, 0.1) is 17.7 Å². The van der Waals surface area contributed by atoms with Gasteiger partial charge in [-0.2, -0.15) is 0 Å². The summed E-state index contributed by atoms with van der Waals surface area (Å²) in [6.45, 7) is 0. The van der Waals surface area contributed by atoms with Gasteiger partial charge in [-0.3, -0.25) is 0 Å². The monoisotopic (exact) mass is 252 g/mol. The number of hydrogen-bond donors (Lipinski definition) is 0. The molecule has 0 atom stereocenters. The maximum Gasteiger partial charge on any atom is 0.573 e. The standard InChI is InChI=1S/C10H5ClF4O/c11-5-1-2-7-3-4-9(8(12)6-7)16-10(13,14)15/h3-4,6H,5H2. The van der Waals surface area contributed by atoms with Gasteiger partial charge in [0.1, 0.15) is 0 Å². The van der Waals surface area contributed by atoms with Crippen molar-refractivity contribution in [3.63, 3.8) is 0 Å². The van der Waals surface area contributed by atoms with Gasteiger partial charge in [-0.05, 0) is 18.2 Å². The Bertz CT molecular complexity index is 431. The summed E-state index contributed by atoms with van der Waals surface area (Å²) in [6.07, 6.45) is -4.91. The number of benzene rings is 1. The molecule has 0 N–H and O–H groups in total. The Balaban J connectivity index is 2.92. The first-order valence-corrected chi connectivity index (χ1v) is 4.56. The number of alkyl halides is 4. The minimum Gasteiger partial charge on any atom is -0.403 e. The molecular weight excluding hydrogens is 248 g/mol. The predicted molar refractivity (Wildman–Crippen MR) is 50.7 cm³/mol. The summed E-state index contributed by atoms with van der Waals surface area (Å²) in [7, 11) is 0. The third-order valence-corrected chi connectivity index (χ3v) is 1.59. The van der Waals surface area contributed by atoms with E-state index in [9.17, 15) is 17.6 Å². The molecule has 0 heterocycles. The summed E-state index contributed by atoms with van der Waals surface area (Å²) in [6, 6.07) is 2.92. The molecule has 0 bridgehead atoms. The van der Waals surface area contributed by atoms with Gasteiger partial charge in [-0.25, -0.2) is 4.39 Å². The highest BCUT2D eigenvalue weighted by Gasteiger charge is 2.32. The smallest absolute Gasteiger partial charge is 0.403 e. The van der Waals surface area contributed by atoms with Gasteiger partial charge in [0.15, 0.2) is 11.6 Å². The van der Waals surface area contributed by atoms with E-state index in [4.69, 9.17) is 11.6 Å². The first kappa shape index (κ1) is 12.7. The first-order chi connectivity index (χ1) is 7.42. The zero-order valence-electron chi connectivity index (χ0n) is 7.74. The molecule has 6 heteroatoms. The Morgan fingerprint density at radius 1 is 1.31 bits per heavy atom. The SMILES string of the molecule is Fc1cc(C#CCCl)ccc1OC(F)(F)F. The largest absolute Gasteiger partial charge is 0.573 e. The van der Waals surface area contributed by atoms with Crippen LogP contribution in [0.3, 0.4) is 0 Å². The third kappa shape index (κ3) is 3.99. The topological polar surface area (TPSA) is 9.23 Å². The molecule has 16 heavy (non-hydrogen) atoms. The van der Waals surface area contributed by atoms with Crippen molar-refractivity contribution < 1.29 is 22.3 Å². The number of rotatable bonds is 1. The predicted octanol–water partition coefficient (Wildman–Crippen LogP) is 3.31. The van der Waals surface area contributed by atoms with Crippen molar-refractivity contribution in [2.45, 2.75) is 6.36 Å². The molecule has 86 valence electrons. The zero-order chi connectivity index (χ0) is 12.2. The summed E-state index contributed by atoms with van der Waals surface area (Å²) in [4.78, 5) is 0. The molecule has 0 saturated carbocycles. The average molecular weight is 253 g/mol. The van der Waals surface area contributed by atoms with Crippen LogP contribution in [0.2, 0.25) is 0 Å². The molecule has 1 aromatic carbocycles. The van der Waals surface area contributed by atoms with Gasteiger partial charge < -0.3 is 4.74 Å². The molecule has 0 aliphatic heterocycles. The molecule has 1 rings (SSSR count). The van der Waals surface area contributed by atoms with E-state index in [0.717, 1.165) is 12.1 Å². The fourth-order valence-electron chi connectivity index (χ4n) is 0.922. The summed E-state index contributed by atoms with van der Waals surface area (Å²) >= 11 is 5.27. The van der Waals surface area contributed by atoms with Crippen molar-refractivity contribution >= 4 is 11.6 Å². The Kier molecular flexibility index (Phi) is 4.02. The maximum absolute atomic E-state index is 13.1. The van der Waals surface area contributed by atoms with Gasteiger partial charge in [0.25, 0.3) is 0 Å². The Labute approximate surface area is 94.0 Å². The van der Waals surface area contributed by atoms with E-state index < -0.39 is 17.9 Å². The van der Waals surface area contributed by atoms with Gasteiger partial charge >= 0.3 is 6.36 Å². The third-order valence-electron chi connectivity index (χ3n) is 1.46. The van der Waals surface area contributed by atoms with E-state index in [1.807, 2.05) is 0 Å². The second-order valence-corrected chi connectivity index (χ2v) is 2.90. The summed E-state index contributed by atoms with van der Waals surface area (Å²) in [5, 5.41) is 0. The molecule has 1 aromatic rings. The van der Waals surface area contributed by atoms with Crippen LogP contribution >= 0.6 is 11.6 Å². The van der Waals surface area contributed by atoms with Crippen LogP contribution in [-0.4, -0.2) is 12.2 Å². The lowest BCUT2D eigenvalue weighted by atomic mass is 10.2. The van der Waals surface area contributed by atoms with Crippen LogP contribution in [0.1, 0.15) is 5.56 Å². The first-order valence-electron chi connectivity index (χ1n) is 4.02. The summed E-state index contributed by atoms with van der Waals surface area (Å²) < 4.78 is 51.9. The highest BCUT2D eigenvalue weighted by atomic mass is 35.5. The van der Waals surface area contributed by atoms with Crippen molar-refractivity contribution in [2.24, 2.45) is 0 Å². The van der Waals surface area contributed by atoms with Crippen LogP contribution in [0.5, 0.6) is 5.75 Å². The van der Waals surface area contributed by atoms with E-state index in [2.05, 4.69) is 16.6 Å². The van der Waals surface area contributed by atoms with Gasteiger partial charge in [0.05, 0.1) is 5.88 Å². The molecule has 0 amide bonds. The lowest BCUT2D eigenvalue weighted by Gasteiger charge is -2.09. The van der Waals surface area contributed by atoms with Crippen molar-refractivity contribution in [3.8, 4) is 17.6 Å². The highest BCUT2D eigenvalue weighted by molar-refractivity contribution is 6.19. The van der Waals surface area contributed by atoms with Crippen molar-refractivity contribution in [2.75, 3.05) is 5.88 Å². The summed E-state index contributed by atoms with van der Waals surface area (Å²) in [5.74, 6) is 2.96. The Hall–Kier alpha value is -1.41. The fraction of sp³-hybridized carbons (Fsp3) is 0.200. The fourth-order valence-corrected chi connectivity index (χ4v) is 0.988. The van der Waals surface area contributed by atoms with Crippen molar-refractivity contribution in [3.05, 3.63) is 29.6 Å². The molecule has 0 unspecified atom stereocenters. The number of halogens is 5. The van der Waals surface area contributed by atoms with Gasteiger partial charge in [-0.1, -0.05) is 11.8 Å². The summed E-state index contributed by atoms with van der Waals surface area (Å²) in [5.41, 5.74) is 0.229. The molecule has 0 spiro atoms.